The Balaban J connectivity index is 1.33. The zero-order valence-electron chi connectivity index (χ0n) is 15.2. The molecule has 0 spiro atoms. The number of aromatic nitrogens is 3. The van der Waals surface area contributed by atoms with Gasteiger partial charge in [-0.05, 0) is 12.8 Å². The number of hydrogen-bond donors (Lipinski definition) is 1. The van der Waals surface area contributed by atoms with Crippen molar-refractivity contribution in [2.24, 2.45) is 0 Å². The monoisotopic (exact) mass is 381 g/mol. The van der Waals surface area contributed by atoms with Gasteiger partial charge in [-0.1, -0.05) is 60.9 Å². The first-order chi connectivity index (χ1) is 13.3. The normalized spacial score (nSPS) is 17.9. The highest BCUT2D eigenvalue weighted by molar-refractivity contribution is 7.17. The molecule has 0 radical (unpaired) electrons. The van der Waals surface area contributed by atoms with E-state index in [-0.39, 0.29) is 6.03 Å². The van der Waals surface area contributed by atoms with Gasteiger partial charge >= 0.3 is 6.03 Å². The third-order valence-corrected chi connectivity index (χ3v) is 6.63. The maximum atomic E-state index is 12.7. The number of nitrogens with one attached hydrogen (secondary N) is 1. The summed E-state index contributed by atoms with van der Waals surface area (Å²) in [5, 5.41) is 7.95. The first kappa shape index (κ1) is 16.7. The summed E-state index contributed by atoms with van der Waals surface area (Å²) in [6.07, 6.45) is 6.81. The van der Waals surface area contributed by atoms with Crippen LogP contribution in [0.5, 0.6) is 0 Å². The lowest BCUT2D eigenvalue weighted by Crippen LogP contribution is -2.47. The maximum absolute atomic E-state index is 12.7. The molecule has 3 aromatic rings. The zero-order chi connectivity index (χ0) is 18.2. The molecule has 0 unspecified atom stereocenters. The van der Waals surface area contributed by atoms with Gasteiger partial charge in [-0.25, -0.2) is 9.31 Å². The van der Waals surface area contributed by atoms with Gasteiger partial charge in [0.05, 0.1) is 12.2 Å². The molecule has 2 amide bonds. The Morgan fingerprint density at radius 1 is 1.15 bits per heavy atom. The van der Waals surface area contributed by atoms with Crippen molar-refractivity contribution in [2.45, 2.75) is 51.1 Å². The van der Waals surface area contributed by atoms with Crippen LogP contribution in [0.3, 0.4) is 0 Å². The smallest absolute Gasteiger partial charge is 0.317 e. The summed E-state index contributed by atoms with van der Waals surface area (Å²) in [6, 6.07) is 10.5. The molecular weight excluding hydrogens is 358 g/mol. The number of carbonyl (C=O) groups is 1. The van der Waals surface area contributed by atoms with E-state index in [0.29, 0.717) is 12.6 Å². The first-order valence-electron chi connectivity index (χ1n) is 9.76. The standard InChI is InChI=1S/C20H23N5OS/c26-19(21-15-9-5-2-6-10-15)24-12-11-16-17(13-24)27-20-22-18(23-25(16)20)14-7-3-1-4-8-14/h1,3-4,7-8,15H,2,5-6,9-13H2,(H,21,26). The Kier molecular flexibility index (Phi) is 4.32. The van der Waals surface area contributed by atoms with E-state index in [2.05, 4.69) is 5.32 Å². The molecule has 5 rings (SSSR count). The first-order valence-corrected chi connectivity index (χ1v) is 10.6. The highest BCUT2D eigenvalue weighted by Gasteiger charge is 2.27. The van der Waals surface area contributed by atoms with Gasteiger partial charge in [0.1, 0.15) is 0 Å². The second-order valence-corrected chi connectivity index (χ2v) is 8.49. The lowest BCUT2D eigenvalue weighted by Gasteiger charge is -2.30. The van der Waals surface area contributed by atoms with Crippen LogP contribution >= 0.6 is 11.3 Å². The van der Waals surface area contributed by atoms with Crippen LogP contribution in [0.4, 0.5) is 4.79 Å². The molecule has 0 saturated heterocycles. The van der Waals surface area contributed by atoms with E-state index >= 15 is 0 Å². The lowest BCUT2D eigenvalue weighted by atomic mass is 9.96. The lowest BCUT2D eigenvalue weighted by molar-refractivity contribution is 0.185. The van der Waals surface area contributed by atoms with E-state index in [1.165, 1.54) is 29.8 Å². The van der Waals surface area contributed by atoms with Crippen molar-refractivity contribution in [3.8, 4) is 11.4 Å². The fourth-order valence-electron chi connectivity index (χ4n) is 4.08. The molecule has 27 heavy (non-hydrogen) atoms. The molecule has 1 fully saturated rings. The molecule has 2 aromatic heterocycles. The highest BCUT2D eigenvalue weighted by atomic mass is 32.1. The van der Waals surface area contributed by atoms with Gasteiger partial charge in [0.2, 0.25) is 4.96 Å². The van der Waals surface area contributed by atoms with E-state index < -0.39 is 0 Å². The third-order valence-electron chi connectivity index (χ3n) is 5.57. The molecule has 7 heteroatoms. The van der Waals surface area contributed by atoms with E-state index in [1.807, 2.05) is 39.7 Å². The Labute approximate surface area is 162 Å². The van der Waals surface area contributed by atoms with Gasteiger partial charge in [-0.3, -0.25) is 0 Å². The molecule has 3 heterocycles. The molecule has 140 valence electrons. The molecule has 1 saturated carbocycles. The Hall–Kier alpha value is -2.41. The summed E-state index contributed by atoms with van der Waals surface area (Å²) in [7, 11) is 0. The van der Waals surface area contributed by atoms with E-state index in [9.17, 15) is 4.79 Å². The van der Waals surface area contributed by atoms with Gasteiger partial charge < -0.3 is 10.2 Å². The summed E-state index contributed by atoms with van der Waals surface area (Å²) >= 11 is 1.65. The second-order valence-electron chi connectivity index (χ2n) is 7.42. The average molecular weight is 382 g/mol. The van der Waals surface area contributed by atoms with Crippen molar-refractivity contribution in [1.29, 1.82) is 0 Å². The van der Waals surface area contributed by atoms with Crippen LogP contribution in [0.1, 0.15) is 42.7 Å². The van der Waals surface area contributed by atoms with Crippen molar-refractivity contribution in [2.75, 3.05) is 6.54 Å². The fourth-order valence-corrected chi connectivity index (χ4v) is 5.20. The average Bonchev–Trinajstić information content (AvgIpc) is 3.27. The molecule has 6 nitrogen and oxygen atoms in total. The quantitative estimate of drug-likeness (QED) is 0.733. The number of carbonyl (C=O) groups excluding carboxylic acids is 1. The summed E-state index contributed by atoms with van der Waals surface area (Å²) in [4.78, 5) is 21.4. The van der Waals surface area contributed by atoms with E-state index in [0.717, 1.165) is 42.2 Å². The van der Waals surface area contributed by atoms with Crippen LogP contribution in [0.25, 0.3) is 16.3 Å². The number of benzene rings is 1. The number of fused-ring (bicyclic) bond motifs is 3. The number of rotatable bonds is 2. The van der Waals surface area contributed by atoms with Gasteiger partial charge in [0.15, 0.2) is 5.82 Å². The Bertz CT molecular complexity index is 958. The van der Waals surface area contributed by atoms with Crippen molar-refractivity contribution < 1.29 is 4.79 Å². The second kappa shape index (κ2) is 6.96. The zero-order valence-corrected chi connectivity index (χ0v) is 16.0. The van der Waals surface area contributed by atoms with Crippen LogP contribution < -0.4 is 5.32 Å². The van der Waals surface area contributed by atoms with E-state index in [1.54, 1.807) is 11.3 Å². The topological polar surface area (TPSA) is 62.5 Å². The summed E-state index contributed by atoms with van der Waals surface area (Å²) < 4.78 is 1.97. The van der Waals surface area contributed by atoms with Gasteiger partial charge in [0.25, 0.3) is 0 Å². The van der Waals surface area contributed by atoms with Crippen LogP contribution in [-0.2, 0) is 13.0 Å². The summed E-state index contributed by atoms with van der Waals surface area (Å²) in [5.74, 6) is 0.766. The minimum Gasteiger partial charge on any atom is -0.335 e. The molecule has 0 atom stereocenters. The number of urea groups is 1. The summed E-state index contributed by atoms with van der Waals surface area (Å²) in [5.41, 5.74) is 2.23. The number of nitrogens with zero attached hydrogens (tertiary/aromatic N) is 4. The SMILES string of the molecule is O=C(NC1CCCCC1)N1CCc2c(sc3nc(-c4ccccc4)nn23)C1. The Morgan fingerprint density at radius 3 is 2.78 bits per heavy atom. The molecular formula is C20H23N5OS. The minimum atomic E-state index is 0.0801. The third kappa shape index (κ3) is 3.20. The summed E-state index contributed by atoms with van der Waals surface area (Å²) in [6.45, 7) is 1.39. The molecule has 0 bridgehead atoms. The largest absolute Gasteiger partial charge is 0.335 e. The van der Waals surface area contributed by atoms with Crippen LogP contribution in [0.2, 0.25) is 0 Å². The molecule has 1 aliphatic carbocycles. The fraction of sp³-hybridized carbons (Fsp3) is 0.450. The maximum Gasteiger partial charge on any atom is 0.317 e. The predicted molar refractivity (Wildman–Crippen MR) is 106 cm³/mol. The Morgan fingerprint density at radius 2 is 1.96 bits per heavy atom. The number of thiazole rings is 1. The highest BCUT2D eigenvalue weighted by Crippen LogP contribution is 2.29. The van der Waals surface area contributed by atoms with Crippen molar-refractivity contribution >= 4 is 22.3 Å². The van der Waals surface area contributed by atoms with Crippen molar-refractivity contribution in [3.05, 3.63) is 40.9 Å². The van der Waals surface area contributed by atoms with Crippen LogP contribution in [-0.4, -0.2) is 38.1 Å². The predicted octanol–water partition coefficient (Wildman–Crippen LogP) is 3.86. The molecule has 1 aliphatic heterocycles. The van der Waals surface area contributed by atoms with Crippen LogP contribution in [0.15, 0.2) is 30.3 Å². The minimum absolute atomic E-state index is 0.0801. The van der Waals surface area contributed by atoms with Gasteiger partial charge in [-0.2, -0.15) is 4.98 Å². The van der Waals surface area contributed by atoms with Crippen LogP contribution in [0, 0.1) is 0 Å². The number of amides is 2. The molecule has 2 aliphatic rings. The van der Waals surface area contributed by atoms with E-state index in [4.69, 9.17) is 10.1 Å². The van der Waals surface area contributed by atoms with Crippen molar-refractivity contribution in [3.63, 3.8) is 0 Å². The number of hydrogen-bond acceptors (Lipinski definition) is 4. The van der Waals surface area contributed by atoms with Gasteiger partial charge in [-0.15, -0.1) is 5.10 Å². The van der Waals surface area contributed by atoms with Crippen molar-refractivity contribution in [1.82, 2.24) is 24.8 Å². The molecule has 1 aromatic carbocycles. The van der Waals surface area contributed by atoms with Gasteiger partial charge in [0, 0.05) is 29.4 Å². The molecule has 1 N–H and O–H groups in total.